The Labute approximate surface area is 244 Å². The molecule has 0 atom stereocenters. The Morgan fingerprint density at radius 3 is 2.27 bits per heavy atom. The second kappa shape index (κ2) is 17.3. The van der Waals surface area contributed by atoms with Crippen molar-refractivity contribution in [3.63, 3.8) is 0 Å². The molecule has 1 amide bonds. The summed E-state index contributed by atoms with van der Waals surface area (Å²) in [7, 11) is 4.84. The highest BCUT2D eigenvalue weighted by Gasteiger charge is 2.20. The first kappa shape index (κ1) is 31.9. The second-order valence-electron chi connectivity index (χ2n) is 9.21. The first-order valence-electron chi connectivity index (χ1n) is 13.5. The van der Waals surface area contributed by atoms with Gasteiger partial charge in [-0.05, 0) is 61.2 Å². The van der Waals surface area contributed by atoms with Gasteiger partial charge in [-0.25, -0.2) is 4.39 Å². The van der Waals surface area contributed by atoms with Gasteiger partial charge in [-0.15, -0.1) is 0 Å². The number of hydrogen-bond donors (Lipinski definition) is 1. The highest BCUT2D eigenvalue weighted by molar-refractivity contribution is 9.10. The van der Waals surface area contributed by atoms with Gasteiger partial charge in [0.05, 0.1) is 53.3 Å². The zero-order valence-electron chi connectivity index (χ0n) is 23.6. The summed E-state index contributed by atoms with van der Waals surface area (Å²) in [5.74, 6) is 2.10. The van der Waals surface area contributed by atoms with Crippen LogP contribution in [0.2, 0.25) is 0 Å². The molecule has 9 nitrogen and oxygen atoms in total. The Kier molecular flexibility index (Phi) is 13.8. The number of nitrogens with zero attached hydrogens (tertiary/aromatic N) is 1. The van der Waals surface area contributed by atoms with Gasteiger partial charge in [0, 0.05) is 24.1 Å². The van der Waals surface area contributed by atoms with E-state index in [4.69, 9.17) is 28.4 Å². The fraction of sp³-hybridized carbons (Fsp3) is 0.552. The molecule has 0 radical (unpaired) electrons. The third-order valence-electron chi connectivity index (χ3n) is 6.54. The number of ether oxygens (including phenoxy) is 6. The monoisotopic (exact) mass is 625 g/mol. The molecule has 0 bridgehead atoms. The number of carbonyl (C=O) groups excluding carboxylic acids is 1. The fourth-order valence-electron chi connectivity index (χ4n) is 4.51. The van der Waals surface area contributed by atoms with E-state index < -0.39 is 6.67 Å². The molecular weight excluding hydrogens is 586 g/mol. The molecule has 3 rings (SSSR count). The summed E-state index contributed by atoms with van der Waals surface area (Å²) in [6, 6.07) is 7.62. The average molecular weight is 627 g/mol. The van der Waals surface area contributed by atoms with Crippen molar-refractivity contribution in [3.8, 4) is 23.0 Å². The molecule has 222 valence electrons. The molecule has 0 saturated heterocycles. The lowest BCUT2D eigenvalue weighted by molar-refractivity contribution is 0.0321. The normalized spacial score (nSPS) is 13.0. The zero-order chi connectivity index (χ0) is 28.7. The molecule has 0 spiro atoms. The van der Waals surface area contributed by atoms with Crippen molar-refractivity contribution in [1.82, 2.24) is 10.2 Å². The Hall–Kier alpha value is -2.60. The lowest BCUT2D eigenvalue weighted by Crippen LogP contribution is -2.32. The third-order valence-corrected chi connectivity index (χ3v) is 6.99. The van der Waals surface area contributed by atoms with Gasteiger partial charge in [-0.2, -0.15) is 0 Å². The van der Waals surface area contributed by atoms with E-state index in [1.54, 1.807) is 26.4 Å². The molecule has 1 aliphatic rings. The smallest absolute Gasteiger partial charge is 0.255 e. The summed E-state index contributed by atoms with van der Waals surface area (Å²) in [6.07, 6.45) is 2.78. The number of nitrogens with one attached hydrogen (secondary N) is 1. The molecule has 0 unspecified atom stereocenters. The van der Waals surface area contributed by atoms with Crippen LogP contribution in [-0.4, -0.2) is 91.5 Å². The average Bonchev–Trinajstić information content (AvgIpc) is 2.97. The number of carbonyl (C=O) groups is 1. The number of halogens is 2. The maximum absolute atomic E-state index is 13.1. The summed E-state index contributed by atoms with van der Waals surface area (Å²) >= 11 is 3.44. The van der Waals surface area contributed by atoms with Gasteiger partial charge in [0.1, 0.15) is 13.3 Å². The molecule has 1 aliphatic heterocycles. The molecular formula is C29H40BrFN2O7. The van der Waals surface area contributed by atoms with E-state index in [-0.39, 0.29) is 19.1 Å². The van der Waals surface area contributed by atoms with Crippen molar-refractivity contribution in [3.05, 3.63) is 45.4 Å². The standard InChI is InChI=1S/C29H40BrFN2O7/c1-35-25-16-21-6-10-33(20-22(21)17-26(25)36-2)9-5-4-8-32-29(34)24-18-23(30)19-27(37-3)28(24)40-15-14-39-13-12-38-11-7-31/h16-19H,4-15,20H2,1-3H3,(H,32,34)/i31-1. The summed E-state index contributed by atoms with van der Waals surface area (Å²) in [4.78, 5) is 15.5. The summed E-state index contributed by atoms with van der Waals surface area (Å²) in [6.45, 7) is 4.06. The lowest BCUT2D eigenvalue weighted by atomic mass is 9.98. The maximum Gasteiger partial charge on any atom is 0.255 e. The van der Waals surface area contributed by atoms with Crippen LogP contribution in [0.3, 0.4) is 0 Å². The van der Waals surface area contributed by atoms with E-state index in [0.29, 0.717) is 47.9 Å². The number of unbranched alkanes of at least 4 members (excludes halogenated alkanes) is 1. The summed E-state index contributed by atoms with van der Waals surface area (Å²) < 4.78 is 45.5. The van der Waals surface area contributed by atoms with E-state index in [1.165, 1.54) is 18.2 Å². The highest BCUT2D eigenvalue weighted by Crippen LogP contribution is 2.35. The minimum Gasteiger partial charge on any atom is -0.493 e. The molecule has 2 aromatic rings. The fourth-order valence-corrected chi connectivity index (χ4v) is 4.94. The van der Waals surface area contributed by atoms with Crippen LogP contribution in [0.25, 0.3) is 0 Å². The number of methoxy groups -OCH3 is 3. The van der Waals surface area contributed by atoms with Crippen molar-refractivity contribution in [2.75, 3.05) is 80.7 Å². The van der Waals surface area contributed by atoms with Gasteiger partial charge in [0.25, 0.3) is 5.91 Å². The van der Waals surface area contributed by atoms with Gasteiger partial charge in [0.15, 0.2) is 23.0 Å². The van der Waals surface area contributed by atoms with Crippen molar-refractivity contribution in [2.24, 2.45) is 0 Å². The van der Waals surface area contributed by atoms with Crippen molar-refractivity contribution < 1.29 is 37.6 Å². The van der Waals surface area contributed by atoms with Crippen LogP contribution in [-0.2, 0) is 22.4 Å². The summed E-state index contributed by atoms with van der Waals surface area (Å²) in [5, 5.41) is 3.01. The molecule has 0 aliphatic carbocycles. The number of hydrogen-bond acceptors (Lipinski definition) is 8. The molecule has 1 heterocycles. The van der Waals surface area contributed by atoms with E-state index in [2.05, 4.69) is 38.3 Å². The van der Waals surface area contributed by atoms with E-state index >= 15 is 0 Å². The Bertz CT molecular complexity index is 1090. The van der Waals surface area contributed by atoms with E-state index in [0.717, 1.165) is 50.4 Å². The van der Waals surface area contributed by atoms with Crippen LogP contribution in [0.15, 0.2) is 28.7 Å². The molecule has 0 saturated carbocycles. The molecule has 40 heavy (non-hydrogen) atoms. The SMILES string of the molecule is COc1cc2c(cc1OC)CN(CCCCNC(=O)c1cc(Br)cc(OC)c1OCCOCCOCC[18F])CC2. The van der Waals surface area contributed by atoms with Crippen LogP contribution < -0.4 is 24.3 Å². The number of benzene rings is 2. The Balaban J connectivity index is 1.44. The van der Waals surface area contributed by atoms with E-state index in [1.807, 2.05) is 0 Å². The van der Waals surface area contributed by atoms with Crippen LogP contribution in [0, 0.1) is 0 Å². The van der Waals surface area contributed by atoms with E-state index in [9.17, 15) is 9.18 Å². The molecule has 2 aromatic carbocycles. The Morgan fingerprint density at radius 2 is 1.57 bits per heavy atom. The first-order chi connectivity index (χ1) is 19.5. The number of alkyl halides is 1. The summed E-state index contributed by atoms with van der Waals surface area (Å²) in [5.41, 5.74) is 2.95. The number of fused-ring (bicyclic) bond motifs is 1. The third kappa shape index (κ3) is 9.50. The maximum atomic E-state index is 13.1. The predicted octanol–water partition coefficient (Wildman–Crippen LogP) is 4.42. The second-order valence-corrected chi connectivity index (χ2v) is 10.1. The van der Waals surface area contributed by atoms with Crippen molar-refractivity contribution in [2.45, 2.75) is 25.8 Å². The van der Waals surface area contributed by atoms with Crippen LogP contribution in [0.1, 0.15) is 34.3 Å². The lowest BCUT2D eigenvalue weighted by Gasteiger charge is -2.29. The molecule has 11 heteroatoms. The zero-order valence-corrected chi connectivity index (χ0v) is 25.1. The Morgan fingerprint density at radius 1 is 0.900 bits per heavy atom. The molecule has 1 N–H and O–H groups in total. The minimum absolute atomic E-state index is 0.0624. The largest absolute Gasteiger partial charge is 0.493 e. The van der Waals surface area contributed by atoms with Gasteiger partial charge in [0.2, 0.25) is 0 Å². The van der Waals surface area contributed by atoms with Gasteiger partial charge in [-0.1, -0.05) is 15.9 Å². The highest BCUT2D eigenvalue weighted by atomic mass is 79.9. The van der Waals surface area contributed by atoms with Gasteiger partial charge < -0.3 is 33.7 Å². The first-order valence-corrected chi connectivity index (χ1v) is 14.3. The van der Waals surface area contributed by atoms with Crippen LogP contribution >= 0.6 is 15.9 Å². The van der Waals surface area contributed by atoms with Gasteiger partial charge >= 0.3 is 0 Å². The number of rotatable bonds is 18. The van der Waals surface area contributed by atoms with Crippen LogP contribution in [0.4, 0.5) is 4.39 Å². The number of amides is 1. The van der Waals surface area contributed by atoms with Crippen LogP contribution in [0.5, 0.6) is 23.0 Å². The predicted molar refractivity (Wildman–Crippen MR) is 154 cm³/mol. The quantitative estimate of drug-likeness (QED) is 0.244. The van der Waals surface area contributed by atoms with Crippen molar-refractivity contribution in [1.29, 1.82) is 0 Å². The topological polar surface area (TPSA) is 87.7 Å². The van der Waals surface area contributed by atoms with Gasteiger partial charge in [-0.3, -0.25) is 9.69 Å². The molecule has 0 fully saturated rings. The molecule has 0 aromatic heterocycles. The van der Waals surface area contributed by atoms with Crippen molar-refractivity contribution >= 4 is 21.8 Å². The minimum atomic E-state index is -0.517.